The number of hydrogen-bond acceptors (Lipinski definition) is 4. The summed E-state index contributed by atoms with van der Waals surface area (Å²) in [5.74, 6) is 0.368. The van der Waals surface area contributed by atoms with E-state index >= 15 is 0 Å². The van der Waals surface area contributed by atoms with Crippen molar-refractivity contribution < 1.29 is 17.9 Å². The molecule has 0 atom stereocenters. The van der Waals surface area contributed by atoms with Crippen molar-refractivity contribution in [2.75, 3.05) is 19.8 Å². The fraction of sp³-hybridized carbons (Fsp3) is 0.636. The number of alkyl halides is 3. The second-order valence-electron chi connectivity index (χ2n) is 4.28. The van der Waals surface area contributed by atoms with E-state index in [2.05, 4.69) is 20.0 Å². The molecule has 0 saturated heterocycles. The molecular formula is C11H14F3N3O2. The van der Waals surface area contributed by atoms with Crippen molar-refractivity contribution in [1.82, 2.24) is 15.3 Å². The summed E-state index contributed by atoms with van der Waals surface area (Å²) in [5, 5.41) is 3.06. The summed E-state index contributed by atoms with van der Waals surface area (Å²) in [4.78, 5) is 18.5. The van der Waals surface area contributed by atoms with Gasteiger partial charge < -0.3 is 15.0 Å². The van der Waals surface area contributed by atoms with Gasteiger partial charge >= 0.3 is 6.18 Å². The largest absolute Gasteiger partial charge is 0.411 e. The van der Waals surface area contributed by atoms with Gasteiger partial charge in [0, 0.05) is 25.9 Å². The molecule has 2 rings (SSSR count). The number of aromatic nitrogens is 2. The molecule has 8 heteroatoms. The fourth-order valence-electron chi connectivity index (χ4n) is 1.88. The topological polar surface area (TPSA) is 67.0 Å². The van der Waals surface area contributed by atoms with Crippen LogP contribution in [0.2, 0.25) is 0 Å². The van der Waals surface area contributed by atoms with Crippen molar-refractivity contribution in [2.24, 2.45) is 0 Å². The van der Waals surface area contributed by atoms with Crippen LogP contribution in [0.1, 0.15) is 17.1 Å². The highest BCUT2D eigenvalue weighted by atomic mass is 19.4. The van der Waals surface area contributed by atoms with Gasteiger partial charge in [-0.05, 0) is 0 Å². The van der Waals surface area contributed by atoms with Gasteiger partial charge in [0.25, 0.3) is 5.56 Å². The molecule has 0 aliphatic carbocycles. The summed E-state index contributed by atoms with van der Waals surface area (Å²) in [6.07, 6.45) is -3.52. The Morgan fingerprint density at radius 1 is 1.37 bits per heavy atom. The molecule has 0 unspecified atom stereocenters. The standard InChI is InChI=1S/C11H14F3N3O2/c12-11(13,14)6-19-4-2-9-16-8-1-3-15-5-7(8)10(18)17-9/h15H,1-6H2,(H,16,17,18). The number of rotatable bonds is 4. The molecule has 5 nitrogen and oxygen atoms in total. The van der Waals surface area contributed by atoms with E-state index in [0.29, 0.717) is 30.0 Å². The Balaban J connectivity index is 1.94. The maximum atomic E-state index is 11.9. The van der Waals surface area contributed by atoms with Gasteiger partial charge in [-0.2, -0.15) is 13.2 Å². The number of H-pyrrole nitrogens is 1. The molecule has 0 fully saturated rings. The van der Waals surface area contributed by atoms with Crippen LogP contribution in [-0.4, -0.2) is 35.9 Å². The molecule has 0 radical (unpaired) electrons. The predicted molar refractivity (Wildman–Crippen MR) is 60.8 cm³/mol. The van der Waals surface area contributed by atoms with Crippen LogP contribution in [0.3, 0.4) is 0 Å². The van der Waals surface area contributed by atoms with Crippen LogP contribution >= 0.6 is 0 Å². The van der Waals surface area contributed by atoms with Gasteiger partial charge in [0.2, 0.25) is 0 Å². The second-order valence-corrected chi connectivity index (χ2v) is 4.28. The van der Waals surface area contributed by atoms with Crippen LogP contribution in [0.5, 0.6) is 0 Å². The van der Waals surface area contributed by atoms with Crippen molar-refractivity contribution in [1.29, 1.82) is 0 Å². The molecule has 1 aromatic heterocycles. The molecular weight excluding hydrogens is 263 g/mol. The first kappa shape index (κ1) is 14.0. The Labute approximate surface area is 107 Å². The highest BCUT2D eigenvalue weighted by molar-refractivity contribution is 5.20. The van der Waals surface area contributed by atoms with Crippen LogP contribution in [0.25, 0.3) is 0 Å². The van der Waals surface area contributed by atoms with E-state index in [0.717, 1.165) is 6.54 Å². The summed E-state index contributed by atoms with van der Waals surface area (Å²) in [7, 11) is 0. The number of fused-ring (bicyclic) bond motifs is 1. The number of nitrogens with one attached hydrogen (secondary N) is 2. The van der Waals surface area contributed by atoms with Gasteiger partial charge in [-0.25, -0.2) is 4.98 Å². The molecule has 19 heavy (non-hydrogen) atoms. The monoisotopic (exact) mass is 277 g/mol. The average molecular weight is 277 g/mol. The number of nitrogens with zero attached hydrogens (tertiary/aromatic N) is 1. The predicted octanol–water partition coefficient (Wildman–Crippen LogP) is 0.537. The third-order valence-corrected chi connectivity index (χ3v) is 2.74. The molecule has 1 aliphatic heterocycles. The van der Waals surface area contributed by atoms with Gasteiger partial charge in [-0.3, -0.25) is 4.79 Å². The zero-order valence-electron chi connectivity index (χ0n) is 10.1. The summed E-state index contributed by atoms with van der Waals surface area (Å²) in [6.45, 7) is -0.193. The first-order valence-electron chi connectivity index (χ1n) is 5.92. The van der Waals surface area contributed by atoms with Gasteiger partial charge in [0.1, 0.15) is 12.4 Å². The lowest BCUT2D eigenvalue weighted by atomic mass is 10.1. The average Bonchev–Trinajstić information content (AvgIpc) is 2.34. The fourth-order valence-corrected chi connectivity index (χ4v) is 1.88. The minimum absolute atomic E-state index is 0.126. The van der Waals surface area contributed by atoms with Crippen LogP contribution in [0.4, 0.5) is 13.2 Å². The number of aromatic amines is 1. The zero-order valence-corrected chi connectivity index (χ0v) is 10.1. The van der Waals surface area contributed by atoms with E-state index in [1.54, 1.807) is 0 Å². The van der Waals surface area contributed by atoms with E-state index < -0.39 is 12.8 Å². The van der Waals surface area contributed by atoms with Gasteiger partial charge in [-0.1, -0.05) is 0 Å². The lowest BCUT2D eigenvalue weighted by Crippen LogP contribution is -2.32. The van der Waals surface area contributed by atoms with Crippen molar-refractivity contribution in [3.63, 3.8) is 0 Å². The normalized spacial score (nSPS) is 15.3. The summed E-state index contributed by atoms with van der Waals surface area (Å²) >= 11 is 0. The molecule has 1 aliphatic rings. The Morgan fingerprint density at radius 2 is 2.16 bits per heavy atom. The molecule has 0 bridgehead atoms. The molecule has 0 saturated carbocycles. The van der Waals surface area contributed by atoms with E-state index in [1.807, 2.05) is 0 Å². The Bertz CT molecular complexity index is 499. The van der Waals surface area contributed by atoms with E-state index in [1.165, 1.54) is 0 Å². The van der Waals surface area contributed by atoms with Gasteiger partial charge in [0.15, 0.2) is 0 Å². The minimum Gasteiger partial charge on any atom is -0.372 e. The van der Waals surface area contributed by atoms with Crippen molar-refractivity contribution in [3.05, 3.63) is 27.4 Å². The van der Waals surface area contributed by atoms with Crippen LogP contribution in [-0.2, 0) is 24.1 Å². The van der Waals surface area contributed by atoms with Crippen molar-refractivity contribution in [3.8, 4) is 0 Å². The van der Waals surface area contributed by atoms with Crippen molar-refractivity contribution in [2.45, 2.75) is 25.6 Å². The third kappa shape index (κ3) is 4.03. The maximum absolute atomic E-state index is 11.9. The highest BCUT2D eigenvalue weighted by Gasteiger charge is 2.27. The molecule has 0 spiro atoms. The van der Waals surface area contributed by atoms with Crippen LogP contribution in [0.15, 0.2) is 4.79 Å². The van der Waals surface area contributed by atoms with Gasteiger partial charge in [0.05, 0.1) is 17.9 Å². The third-order valence-electron chi connectivity index (χ3n) is 2.74. The zero-order chi connectivity index (χ0) is 13.9. The molecule has 0 aromatic carbocycles. The summed E-state index contributed by atoms with van der Waals surface area (Å²) < 4.78 is 40.1. The maximum Gasteiger partial charge on any atom is 0.411 e. The van der Waals surface area contributed by atoms with Gasteiger partial charge in [-0.15, -0.1) is 0 Å². The van der Waals surface area contributed by atoms with Crippen molar-refractivity contribution >= 4 is 0 Å². The highest BCUT2D eigenvalue weighted by Crippen LogP contribution is 2.14. The van der Waals surface area contributed by atoms with E-state index in [9.17, 15) is 18.0 Å². The van der Waals surface area contributed by atoms with E-state index in [-0.39, 0.29) is 18.6 Å². The van der Waals surface area contributed by atoms with Crippen LogP contribution < -0.4 is 10.9 Å². The Kier molecular flexibility index (Phi) is 4.20. The molecule has 2 heterocycles. The lowest BCUT2D eigenvalue weighted by Gasteiger charge is -2.15. The molecule has 106 valence electrons. The SMILES string of the molecule is O=c1[nH]c(CCOCC(F)(F)F)nc2c1CNCC2. The molecule has 1 aromatic rings. The van der Waals surface area contributed by atoms with Crippen LogP contribution in [0, 0.1) is 0 Å². The van der Waals surface area contributed by atoms with E-state index in [4.69, 9.17) is 0 Å². The number of ether oxygens (including phenoxy) is 1. The number of hydrogen-bond donors (Lipinski definition) is 2. The summed E-state index contributed by atoms with van der Waals surface area (Å²) in [6, 6.07) is 0. The number of halogens is 3. The smallest absolute Gasteiger partial charge is 0.372 e. The second kappa shape index (κ2) is 5.70. The molecule has 0 amide bonds. The quantitative estimate of drug-likeness (QED) is 0.788. The first-order valence-corrected chi connectivity index (χ1v) is 5.92. The Hall–Kier alpha value is -1.41. The first-order chi connectivity index (χ1) is 8.96. The Morgan fingerprint density at radius 3 is 2.89 bits per heavy atom. The summed E-state index contributed by atoms with van der Waals surface area (Å²) in [5.41, 5.74) is 1.09. The molecule has 2 N–H and O–H groups in total. The lowest BCUT2D eigenvalue weighted by molar-refractivity contribution is -0.173. The minimum atomic E-state index is -4.33.